The number of H-pyrrole nitrogens is 4. The number of aromatic nitrogens is 4. The highest BCUT2D eigenvalue weighted by Crippen LogP contribution is 2.36. The molecular formula is C84H104N12O20. The summed E-state index contributed by atoms with van der Waals surface area (Å²) in [6.45, 7) is 6.14. The van der Waals surface area contributed by atoms with Gasteiger partial charge in [-0.2, -0.15) is 0 Å². The summed E-state index contributed by atoms with van der Waals surface area (Å²) < 4.78 is 23.8. The number of piperazine rings is 4. The molecule has 0 saturated carbocycles. The molecule has 8 bridgehead atoms. The second-order valence-corrected chi connectivity index (χ2v) is 31.8. The number of aromatic amines is 4. The van der Waals surface area contributed by atoms with Gasteiger partial charge in [0.2, 0.25) is 0 Å². The van der Waals surface area contributed by atoms with Gasteiger partial charge in [0.15, 0.2) is 0 Å². The first kappa shape index (κ1) is 80.2. The van der Waals surface area contributed by atoms with Crippen LogP contribution in [0.1, 0.15) is 45.0 Å². The molecule has 8 saturated heterocycles. The highest BCUT2D eigenvalue weighted by Gasteiger charge is 2.51. The van der Waals surface area contributed by atoms with Crippen molar-refractivity contribution in [3.63, 3.8) is 0 Å². The molecule has 32 nitrogen and oxygen atoms in total. The van der Waals surface area contributed by atoms with E-state index in [0.29, 0.717) is 105 Å². The van der Waals surface area contributed by atoms with Gasteiger partial charge in [0, 0.05) is 194 Å². The maximum absolute atomic E-state index is 11.0. The lowest BCUT2D eigenvalue weighted by Crippen LogP contribution is -2.65. The van der Waals surface area contributed by atoms with Gasteiger partial charge >= 0.3 is 0 Å². The third kappa shape index (κ3) is 15.3. The van der Waals surface area contributed by atoms with Crippen molar-refractivity contribution in [3.05, 3.63) is 212 Å². The van der Waals surface area contributed by atoms with E-state index in [-0.39, 0.29) is 0 Å². The summed E-state index contributed by atoms with van der Waals surface area (Å²) in [5, 5.41) is 172. The zero-order chi connectivity index (χ0) is 80.5. The largest absolute Gasteiger partial charge is 0.394 e. The van der Waals surface area contributed by atoms with Crippen molar-refractivity contribution in [2.75, 3.05) is 151 Å². The van der Waals surface area contributed by atoms with E-state index in [1.165, 1.54) is 0 Å². The first-order valence-electron chi connectivity index (χ1n) is 40.1. The average molecular weight is 1600 g/mol. The molecule has 8 fully saturated rings. The van der Waals surface area contributed by atoms with E-state index in [9.17, 15) is 81.7 Å². The number of aliphatic hydroxyl groups excluding tert-OH is 16. The fraction of sp³-hybridized carbons (Fsp3) is 0.476. The Kier molecular flexibility index (Phi) is 23.4. The molecule has 20 N–H and O–H groups in total. The van der Waals surface area contributed by atoms with Crippen molar-refractivity contribution in [2.45, 2.75) is 123 Å². The number of ether oxygens (including phenoxy) is 4. The van der Waals surface area contributed by atoms with Crippen LogP contribution in [0.4, 0.5) is 22.7 Å². The molecule has 0 spiro atoms. The van der Waals surface area contributed by atoms with Crippen LogP contribution in [-0.4, -0.2) is 375 Å². The summed E-state index contributed by atoms with van der Waals surface area (Å²) >= 11 is 0. The van der Waals surface area contributed by atoms with Crippen LogP contribution >= 0.6 is 0 Å². The number of fused-ring (bicyclic) bond motifs is 8. The fourth-order valence-corrected chi connectivity index (χ4v) is 18.4. The molecule has 32 heteroatoms. The van der Waals surface area contributed by atoms with Gasteiger partial charge in [0.05, 0.1) is 26.4 Å². The van der Waals surface area contributed by atoms with E-state index < -0.39 is 149 Å². The molecule has 20 atom stereocenters. The molecular weight excluding hydrogens is 1500 g/mol. The Hall–Kier alpha value is -8.28. The third-order valence-corrected chi connectivity index (χ3v) is 25.1. The molecule has 4 aromatic carbocycles. The van der Waals surface area contributed by atoms with Crippen LogP contribution in [-0.2, 0) is 18.9 Å². The minimum absolute atomic E-state index is 0.469. The molecule has 4 unspecified atom stereocenters. The average Bonchev–Trinajstić information content (AvgIpc) is 1.60. The van der Waals surface area contributed by atoms with E-state index >= 15 is 0 Å². The Morgan fingerprint density at radius 3 is 0.595 bits per heavy atom. The predicted octanol–water partition coefficient (Wildman–Crippen LogP) is -6.01. The molecule has 9 aliphatic heterocycles. The van der Waals surface area contributed by atoms with Crippen LogP contribution in [0.15, 0.2) is 146 Å². The standard InChI is InChI=1S/C84H104N12O20/c97-41-61-69(101)73(105)77(109)81(113-61)93-33-25-89(26-34-93)49-9-1-45(2-10-49)65-53-17-19-55(85-53)66(46-3-11-50(12-4-46)90-27-35-94(36-28-90)82-78(110)74(106)70(102)62(42-98)114-82)57-21-23-59(87-57)68(48-7-15-52(16-8-48)92-31-39-96(40-32-92)84-80(112)76(108)72(104)64(44-100)116-84)60-24-22-58(88-60)67(56-20-18-54(65)86-56)47-5-13-51(14-6-47)91-29-37-95(38-30-91)83-79(111)75(107)71(103)63(43-99)115-83/h1-24,61-64,69-88,97-112H,25-44H2/t61-,62-,63-,64-,69+,70+,71+,72+,73+,74+,75+,76+,77-,78-,79-,80-,81?,82?,83?,84?/m1/s1. The number of hydrogen-bond acceptors (Lipinski definition) is 28. The summed E-state index contributed by atoms with van der Waals surface area (Å²) in [7, 11) is 0. The first-order chi connectivity index (χ1) is 56.3. The van der Waals surface area contributed by atoms with Crippen LogP contribution in [0.5, 0.6) is 0 Å². The van der Waals surface area contributed by atoms with Crippen LogP contribution in [0, 0.1) is 0 Å². The van der Waals surface area contributed by atoms with E-state index in [1.807, 2.05) is 19.6 Å². The van der Waals surface area contributed by atoms with Gasteiger partial charge in [0.1, 0.15) is 123 Å². The summed E-state index contributed by atoms with van der Waals surface area (Å²) in [6, 6.07) is 50.5. The normalized spacial score (nSPS) is 32.3. The van der Waals surface area contributed by atoms with Crippen molar-refractivity contribution in [2.24, 2.45) is 0 Å². The first-order valence-corrected chi connectivity index (χ1v) is 40.1. The zero-order valence-electron chi connectivity index (χ0n) is 63.9. The SMILES string of the molecule is OC[C@H]1OC(N2CCN(c3ccc(C4=c5ccc([nH]5)=C(c5ccc(N6CCN(C7O[C@H](CO)[C@H](O)[C@H](O)[C@H]7O)CC6)cc5)c5ccc([nH]5)C(c5ccc(N6CCN(C7O[C@H](CO)[C@H](O)[C@H](O)[C@H]7O)CC6)cc5)=c5ccc([nH]5)=C(c5ccc(N6CCN(C7O[C@H](CO)[C@H](O)[C@H](O)[C@H]7O)CC6)cc5)c5ccc4[nH]5)cc3)CC2)[C@H](O)[C@@H](O)[C@H]1O. The Bertz CT molecular complexity index is 4330. The smallest absolute Gasteiger partial charge is 0.140 e. The van der Waals surface area contributed by atoms with Crippen molar-refractivity contribution >= 4 is 45.0 Å². The lowest BCUT2D eigenvalue weighted by Gasteiger charge is -2.47. The van der Waals surface area contributed by atoms with Gasteiger partial charge in [-0.3, -0.25) is 19.6 Å². The maximum Gasteiger partial charge on any atom is 0.140 e. The number of aliphatic hydroxyl groups is 16. The molecule has 4 aromatic heterocycles. The Morgan fingerprint density at radius 1 is 0.224 bits per heavy atom. The summed E-state index contributed by atoms with van der Waals surface area (Å²) in [4.78, 5) is 32.4. The molecule has 116 heavy (non-hydrogen) atoms. The van der Waals surface area contributed by atoms with Gasteiger partial charge in [-0.1, -0.05) is 48.5 Å². The van der Waals surface area contributed by atoms with Gasteiger partial charge < -0.3 is 140 Å². The highest BCUT2D eigenvalue weighted by molar-refractivity contribution is 5.86. The van der Waals surface area contributed by atoms with Crippen molar-refractivity contribution in [1.29, 1.82) is 0 Å². The molecule has 0 amide bonds. The molecule has 620 valence electrons. The number of nitrogens with one attached hydrogen (secondary N) is 4. The van der Waals surface area contributed by atoms with Crippen LogP contribution in [0.3, 0.4) is 0 Å². The molecule has 0 aliphatic carbocycles. The summed E-state index contributed by atoms with van der Waals surface area (Å²) in [5.41, 5.74) is 14.2. The highest BCUT2D eigenvalue weighted by atomic mass is 16.6. The lowest BCUT2D eigenvalue weighted by molar-refractivity contribution is -0.265. The van der Waals surface area contributed by atoms with E-state index in [1.54, 1.807) is 0 Å². The summed E-state index contributed by atoms with van der Waals surface area (Å²) in [6.07, 6.45) is -25.1. The van der Waals surface area contributed by atoms with Gasteiger partial charge in [-0.25, -0.2) is 0 Å². The maximum atomic E-state index is 11.0. The minimum atomic E-state index is -1.49. The molecule has 9 aliphatic rings. The number of anilines is 4. The summed E-state index contributed by atoms with van der Waals surface area (Å²) in [5.74, 6) is 0. The Labute approximate surface area is 667 Å². The zero-order valence-corrected chi connectivity index (χ0v) is 63.9. The molecule has 13 heterocycles. The predicted molar refractivity (Wildman–Crippen MR) is 424 cm³/mol. The molecule has 8 aromatic rings. The van der Waals surface area contributed by atoms with Crippen LogP contribution in [0.2, 0.25) is 0 Å². The van der Waals surface area contributed by atoms with Gasteiger partial charge in [0.25, 0.3) is 0 Å². The van der Waals surface area contributed by atoms with E-state index in [2.05, 4.69) is 185 Å². The number of nitrogens with zero attached hydrogens (tertiary/aromatic N) is 8. The number of hydrogen-bond donors (Lipinski definition) is 20. The van der Waals surface area contributed by atoms with Crippen molar-refractivity contribution < 1.29 is 101 Å². The van der Waals surface area contributed by atoms with E-state index in [4.69, 9.17) is 18.9 Å². The number of rotatable bonds is 16. The second kappa shape index (κ2) is 33.8. The second-order valence-electron chi connectivity index (χ2n) is 31.8. The van der Waals surface area contributed by atoms with Crippen molar-refractivity contribution in [1.82, 2.24) is 39.5 Å². The fourth-order valence-electron chi connectivity index (χ4n) is 18.4. The number of benzene rings is 4. The lowest BCUT2D eigenvalue weighted by atomic mass is 9.97. The molecule has 17 rings (SSSR count). The van der Waals surface area contributed by atoms with Crippen LogP contribution in [0.25, 0.3) is 22.3 Å². The Morgan fingerprint density at radius 2 is 0.414 bits per heavy atom. The topological polar surface area (TPSA) is 450 Å². The van der Waals surface area contributed by atoms with Gasteiger partial charge in [-0.05, 0) is 119 Å². The van der Waals surface area contributed by atoms with Crippen LogP contribution < -0.4 is 41.0 Å². The quantitative estimate of drug-likeness (QED) is 0.0428. The Balaban J connectivity index is 0.744. The van der Waals surface area contributed by atoms with E-state index in [0.717, 1.165) is 111 Å². The third-order valence-electron chi connectivity index (χ3n) is 25.1. The minimum Gasteiger partial charge on any atom is -0.394 e. The van der Waals surface area contributed by atoms with Crippen molar-refractivity contribution in [3.8, 4) is 0 Å². The van der Waals surface area contributed by atoms with Gasteiger partial charge in [-0.15, -0.1) is 0 Å². The monoisotopic (exact) mass is 1600 g/mol. The molecule has 0 radical (unpaired) electrons.